The Hall–Kier alpha value is -1.58. The maximum Gasteiger partial charge on any atom is 0.219 e. The average Bonchev–Trinajstić information content (AvgIpc) is 3.03. The van der Waals surface area contributed by atoms with Gasteiger partial charge in [0.25, 0.3) is 0 Å². The van der Waals surface area contributed by atoms with Gasteiger partial charge in [-0.25, -0.2) is 4.98 Å². The van der Waals surface area contributed by atoms with Crippen molar-refractivity contribution >= 4 is 5.91 Å². The average molecular weight is 260 g/mol. The number of carbonyl (C=O) groups excluding carboxylic acids is 1. The quantitative estimate of drug-likeness (QED) is 0.900. The van der Waals surface area contributed by atoms with Gasteiger partial charge in [-0.2, -0.15) is 0 Å². The zero-order chi connectivity index (χ0) is 13.2. The van der Waals surface area contributed by atoms with Crippen LogP contribution in [0.3, 0.4) is 0 Å². The molecule has 0 unspecified atom stereocenters. The van der Waals surface area contributed by atoms with Gasteiger partial charge in [-0.3, -0.25) is 4.79 Å². The highest BCUT2D eigenvalue weighted by molar-refractivity contribution is 5.75. The number of aromatic nitrogens is 1. The van der Waals surface area contributed by atoms with Gasteiger partial charge in [0, 0.05) is 31.1 Å². The molecule has 1 N–H and O–H groups in total. The summed E-state index contributed by atoms with van der Waals surface area (Å²) in [5, 5.41) is 2.97. The fourth-order valence-corrected chi connectivity index (χ4v) is 3.19. The molecule has 0 aromatic carbocycles. The monoisotopic (exact) mass is 260 g/mol. The van der Waals surface area contributed by atoms with E-state index in [0.29, 0.717) is 12.3 Å². The molecule has 1 aromatic rings. The van der Waals surface area contributed by atoms with Gasteiger partial charge in [0.1, 0.15) is 0 Å². The molecule has 1 atom stereocenters. The van der Waals surface area contributed by atoms with E-state index >= 15 is 0 Å². The van der Waals surface area contributed by atoms with Gasteiger partial charge in [-0.15, -0.1) is 0 Å². The maximum atomic E-state index is 11.3. The Morgan fingerprint density at radius 1 is 1.53 bits per heavy atom. The summed E-state index contributed by atoms with van der Waals surface area (Å²) in [4.78, 5) is 15.7. The zero-order valence-corrected chi connectivity index (χ0v) is 11.4. The highest BCUT2D eigenvalue weighted by Gasteiger charge is 2.30. The van der Waals surface area contributed by atoms with E-state index in [4.69, 9.17) is 4.74 Å². The van der Waals surface area contributed by atoms with E-state index < -0.39 is 0 Å². The second-order valence-corrected chi connectivity index (χ2v) is 5.31. The fourth-order valence-electron chi connectivity index (χ4n) is 3.19. The molecule has 1 amide bonds. The van der Waals surface area contributed by atoms with Gasteiger partial charge in [0.05, 0.1) is 6.61 Å². The Morgan fingerprint density at radius 3 is 3.26 bits per heavy atom. The zero-order valence-electron chi connectivity index (χ0n) is 11.4. The number of pyridine rings is 1. The second kappa shape index (κ2) is 5.19. The molecular formula is C15H20N2O2. The number of fused-ring (bicyclic) bond motifs is 3. The van der Waals surface area contributed by atoms with E-state index in [0.717, 1.165) is 38.3 Å². The first-order valence-electron chi connectivity index (χ1n) is 7.19. The first-order valence-corrected chi connectivity index (χ1v) is 7.19. The molecule has 2 heterocycles. The first-order chi connectivity index (χ1) is 9.29. The Bertz CT molecular complexity index is 499. The van der Waals surface area contributed by atoms with Crippen LogP contribution < -0.4 is 10.1 Å². The molecule has 0 saturated heterocycles. The Morgan fingerprint density at radius 2 is 2.42 bits per heavy atom. The Kier molecular flexibility index (Phi) is 3.40. The number of nitrogens with one attached hydrogen (secondary N) is 1. The van der Waals surface area contributed by atoms with E-state index in [9.17, 15) is 4.79 Å². The van der Waals surface area contributed by atoms with Crippen molar-refractivity contribution in [1.29, 1.82) is 0 Å². The number of nitrogens with zero attached hydrogens (tertiary/aromatic N) is 1. The van der Waals surface area contributed by atoms with Gasteiger partial charge >= 0.3 is 0 Å². The normalized spacial score (nSPS) is 19.7. The second-order valence-electron chi connectivity index (χ2n) is 5.31. The van der Waals surface area contributed by atoms with E-state index in [1.165, 1.54) is 23.1 Å². The number of rotatable bonds is 4. The number of aryl methyl sites for hydroxylation is 1. The van der Waals surface area contributed by atoms with Gasteiger partial charge < -0.3 is 10.1 Å². The molecule has 19 heavy (non-hydrogen) atoms. The van der Waals surface area contributed by atoms with Crippen molar-refractivity contribution in [3.05, 3.63) is 22.9 Å². The van der Waals surface area contributed by atoms with E-state index in [2.05, 4.69) is 10.3 Å². The van der Waals surface area contributed by atoms with E-state index in [-0.39, 0.29) is 5.91 Å². The van der Waals surface area contributed by atoms with Gasteiger partial charge in [0.15, 0.2) is 0 Å². The smallest absolute Gasteiger partial charge is 0.219 e. The number of hydrogen-bond donors (Lipinski definition) is 1. The van der Waals surface area contributed by atoms with Crippen LogP contribution in [0.25, 0.3) is 0 Å². The lowest BCUT2D eigenvalue weighted by molar-refractivity contribution is -0.120. The summed E-state index contributed by atoms with van der Waals surface area (Å²) in [6, 6.07) is 0. The van der Waals surface area contributed by atoms with Crippen LogP contribution in [0, 0.1) is 0 Å². The Balaban J connectivity index is 1.71. The van der Waals surface area contributed by atoms with Crippen molar-refractivity contribution in [2.45, 2.75) is 44.9 Å². The molecule has 0 saturated carbocycles. The lowest BCUT2D eigenvalue weighted by Crippen LogP contribution is -2.24. The lowest BCUT2D eigenvalue weighted by atomic mass is 9.93. The summed E-state index contributed by atoms with van der Waals surface area (Å²) in [6.07, 6.45) is 6.84. The minimum absolute atomic E-state index is 0.140. The van der Waals surface area contributed by atoms with Crippen molar-refractivity contribution < 1.29 is 9.53 Å². The van der Waals surface area contributed by atoms with Crippen LogP contribution in [0.1, 0.15) is 48.8 Å². The van der Waals surface area contributed by atoms with Crippen LogP contribution in [0.5, 0.6) is 5.88 Å². The van der Waals surface area contributed by atoms with Crippen molar-refractivity contribution in [2.24, 2.45) is 0 Å². The van der Waals surface area contributed by atoms with Crippen LogP contribution in [0.2, 0.25) is 0 Å². The van der Waals surface area contributed by atoms with Crippen LogP contribution in [0.15, 0.2) is 6.20 Å². The molecule has 1 aromatic heterocycles. The van der Waals surface area contributed by atoms with E-state index in [1.54, 1.807) is 0 Å². The number of hydrogen-bond acceptors (Lipinski definition) is 3. The van der Waals surface area contributed by atoms with Gasteiger partial charge in [0.2, 0.25) is 11.8 Å². The standard InChI is InChI=1S/C15H20N2O2/c1-2-13(18)16-7-5-10-3-4-11-9-17-15-12(14(10)11)6-8-19-15/h9-10H,2-8H2,1H3,(H,16,18)/t10-/m0/s1. The summed E-state index contributed by atoms with van der Waals surface area (Å²) < 4.78 is 5.55. The van der Waals surface area contributed by atoms with Crippen LogP contribution in [-0.2, 0) is 17.6 Å². The highest BCUT2D eigenvalue weighted by Crippen LogP contribution is 2.41. The molecule has 102 valence electrons. The minimum atomic E-state index is 0.140. The lowest BCUT2D eigenvalue weighted by Gasteiger charge is -2.14. The largest absolute Gasteiger partial charge is 0.477 e. The summed E-state index contributed by atoms with van der Waals surface area (Å²) in [7, 11) is 0. The molecule has 2 aliphatic rings. The molecule has 0 spiro atoms. The predicted octanol–water partition coefficient (Wildman–Crippen LogP) is 1.96. The number of amides is 1. The number of ether oxygens (including phenoxy) is 1. The third-order valence-corrected chi connectivity index (χ3v) is 4.16. The third kappa shape index (κ3) is 2.31. The van der Waals surface area contributed by atoms with Gasteiger partial charge in [-0.05, 0) is 36.3 Å². The van der Waals surface area contributed by atoms with E-state index in [1.807, 2.05) is 13.1 Å². The first kappa shape index (κ1) is 12.5. The third-order valence-electron chi connectivity index (χ3n) is 4.16. The highest BCUT2D eigenvalue weighted by atomic mass is 16.5. The molecule has 4 heteroatoms. The molecule has 0 bridgehead atoms. The topological polar surface area (TPSA) is 51.2 Å². The van der Waals surface area contributed by atoms with Crippen LogP contribution >= 0.6 is 0 Å². The predicted molar refractivity (Wildman–Crippen MR) is 72.4 cm³/mol. The van der Waals surface area contributed by atoms with Gasteiger partial charge in [-0.1, -0.05) is 6.92 Å². The van der Waals surface area contributed by atoms with Crippen LogP contribution in [-0.4, -0.2) is 24.0 Å². The molecule has 3 rings (SSSR count). The summed E-state index contributed by atoms with van der Waals surface area (Å²) in [6.45, 7) is 3.42. The molecule has 1 aliphatic heterocycles. The molecule has 4 nitrogen and oxygen atoms in total. The fraction of sp³-hybridized carbons (Fsp3) is 0.600. The number of carbonyl (C=O) groups is 1. The summed E-state index contributed by atoms with van der Waals surface area (Å²) >= 11 is 0. The summed E-state index contributed by atoms with van der Waals surface area (Å²) in [5.41, 5.74) is 4.17. The van der Waals surface area contributed by atoms with Crippen LogP contribution in [0.4, 0.5) is 0 Å². The van der Waals surface area contributed by atoms with Crippen molar-refractivity contribution in [3.63, 3.8) is 0 Å². The Labute approximate surface area is 113 Å². The molecular weight excluding hydrogens is 240 g/mol. The minimum Gasteiger partial charge on any atom is -0.477 e. The maximum absolute atomic E-state index is 11.3. The summed E-state index contributed by atoms with van der Waals surface area (Å²) in [5.74, 6) is 1.54. The molecule has 0 radical (unpaired) electrons. The molecule has 1 aliphatic carbocycles. The van der Waals surface area contributed by atoms with Crippen molar-refractivity contribution in [1.82, 2.24) is 10.3 Å². The molecule has 0 fully saturated rings. The van der Waals surface area contributed by atoms with Crippen molar-refractivity contribution in [2.75, 3.05) is 13.2 Å². The van der Waals surface area contributed by atoms with Crippen molar-refractivity contribution in [3.8, 4) is 5.88 Å². The SMILES string of the molecule is CCC(=O)NCC[C@@H]1CCc2cnc3c(c21)CCO3.